The van der Waals surface area contributed by atoms with E-state index in [0.29, 0.717) is 11.9 Å². The van der Waals surface area contributed by atoms with Crippen LogP contribution in [0.25, 0.3) is 0 Å². The molecule has 0 heterocycles. The number of benzene rings is 1. The van der Waals surface area contributed by atoms with Crippen molar-refractivity contribution in [2.75, 3.05) is 0 Å². The first kappa shape index (κ1) is 11.8. The molecular formula is C16H20O2. The standard InChI is InChI=1S/C16H20O2/c17-16(12-4-3-5-12)13-8-10-15(11-9-13)18-14-6-1-2-7-14/h8-12,14H,1-7H2. The first-order chi connectivity index (χ1) is 8.83. The second-order valence-corrected chi connectivity index (χ2v) is 5.54. The second-order valence-electron chi connectivity index (χ2n) is 5.54. The molecule has 2 fully saturated rings. The van der Waals surface area contributed by atoms with Crippen LogP contribution in [-0.2, 0) is 0 Å². The number of ketones is 1. The zero-order valence-electron chi connectivity index (χ0n) is 10.7. The average Bonchev–Trinajstić information content (AvgIpc) is 2.80. The van der Waals surface area contributed by atoms with Crippen LogP contribution in [0.1, 0.15) is 55.3 Å². The topological polar surface area (TPSA) is 26.3 Å². The number of Topliss-reactive ketones (excluding diaryl/α,β-unsaturated/α-hetero) is 1. The fourth-order valence-corrected chi connectivity index (χ4v) is 2.80. The van der Waals surface area contributed by atoms with Crippen LogP contribution >= 0.6 is 0 Å². The van der Waals surface area contributed by atoms with Gasteiger partial charge in [0.25, 0.3) is 0 Å². The van der Waals surface area contributed by atoms with Gasteiger partial charge >= 0.3 is 0 Å². The van der Waals surface area contributed by atoms with Gasteiger partial charge < -0.3 is 4.74 Å². The average molecular weight is 244 g/mol. The number of rotatable bonds is 4. The Morgan fingerprint density at radius 2 is 1.61 bits per heavy atom. The van der Waals surface area contributed by atoms with Crippen LogP contribution in [0.4, 0.5) is 0 Å². The lowest BCUT2D eigenvalue weighted by atomic mass is 9.80. The Labute approximate surface area is 108 Å². The minimum absolute atomic E-state index is 0.284. The fourth-order valence-electron chi connectivity index (χ4n) is 2.80. The molecule has 3 rings (SSSR count). The first-order valence-electron chi connectivity index (χ1n) is 7.14. The highest BCUT2D eigenvalue weighted by molar-refractivity contribution is 5.98. The summed E-state index contributed by atoms with van der Waals surface area (Å²) < 4.78 is 5.90. The van der Waals surface area contributed by atoms with E-state index in [2.05, 4.69) is 0 Å². The molecule has 0 unspecified atom stereocenters. The predicted octanol–water partition coefficient (Wildman–Crippen LogP) is 3.99. The van der Waals surface area contributed by atoms with Crippen LogP contribution in [0, 0.1) is 5.92 Å². The minimum atomic E-state index is 0.284. The molecule has 96 valence electrons. The summed E-state index contributed by atoms with van der Waals surface area (Å²) >= 11 is 0. The molecule has 2 saturated carbocycles. The van der Waals surface area contributed by atoms with E-state index < -0.39 is 0 Å². The maximum absolute atomic E-state index is 12.0. The Bertz CT molecular complexity index is 411. The minimum Gasteiger partial charge on any atom is -0.490 e. The van der Waals surface area contributed by atoms with Gasteiger partial charge in [0.05, 0.1) is 6.10 Å². The van der Waals surface area contributed by atoms with Gasteiger partial charge in [-0.2, -0.15) is 0 Å². The molecule has 0 saturated heterocycles. The quantitative estimate of drug-likeness (QED) is 0.748. The largest absolute Gasteiger partial charge is 0.490 e. The van der Waals surface area contributed by atoms with Crippen molar-refractivity contribution in [3.05, 3.63) is 29.8 Å². The van der Waals surface area contributed by atoms with Crippen molar-refractivity contribution in [1.29, 1.82) is 0 Å². The second kappa shape index (κ2) is 5.13. The third-order valence-corrected chi connectivity index (χ3v) is 4.22. The van der Waals surface area contributed by atoms with Gasteiger partial charge in [-0.3, -0.25) is 4.79 Å². The Hall–Kier alpha value is -1.31. The molecule has 2 aliphatic carbocycles. The van der Waals surface area contributed by atoms with Crippen molar-refractivity contribution in [3.8, 4) is 5.75 Å². The summed E-state index contributed by atoms with van der Waals surface area (Å²) in [4.78, 5) is 12.0. The van der Waals surface area contributed by atoms with E-state index in [-0.39, 0.29) is 5.92 Å². The third kappa shape index (κ3) is 2.43. The lowest BCUT2D eigenvalue weighted by molar-refractivity contribution is 0.0855. The number of hydrogen-bond acceptors (Lipinski definition) is 2. The molecule has 0 bridgehead atoms. The molecule has 0 aromatic heterocycles. The highest BCUT2D eigenvalue weighted by Gasteiger charge is 2.26. The molecule has 1 aromatic rings. The molecule has 2 aliphatic rings. The van der Waals surface area contributed by atoms with Crippen LogP contribution in [-0.4, -0.2) is 11.9 Å². The van der Waals surface area contributed by atoms with E-state index in [0.717, 1.165) is 24.2 Å². The SMILES string of the molecule is O=C(c1ccc(OC2CCCC2)cc1)C1CCC1. The lowest BCUT2D eigenvalue weighted by Gasteiger charge is -2.23. The van der Waals surface area contributed by atoms with E-state index in [4.69, 9.17) is 4.74 Å². The molecular weight excluding hydrogens is 224 g/mol. The van der Waals surface area contributed by atoms with Crippen molar-refractivity contribution in [2.45, 2.75) is 51.0 Å². The van der Waals surface area contributed by atoms with E-state index in [1.54, 1.807) is 0 Å². The lowest BCUT2D eigenvalue weighted by Crippen LogP contribution is -2.21. The number of hydrogen-bond donors (Lipinski definition) is 0. The monoisotopic (exact) mass is 244 g/mol. The van der Waals surface area contributed by atoms with Gasteiger partial charge in [-0.05, 0) is 62.8 Å². The third-order valence-electron chi connectivity index (χ3n) is 4.22. The van der Waals surface area contributed by atoms with Gasteiger partial charge in [-0.1, -0.05) is 6.42 Å². The molecule has 0 atom stereocenters. The Morgan fingerprint density at radius 3 is 2.17 bits per heavy atom. The van der Waals surface area contributed by atoms with Crippen molar-refractivity contribution >= 4 is 5.78 Å². The van der Waals surface area contributed by atoms with Gasteiger partial charge in [0.2, 0.25) is 0 Å². The molecule has 0 spiro atoms. The normalized spacial score (nSPS) is 20.7. The van der Waals surface area contributed by atoms with Gasteiger partial charge in [0.1, 0.15) is 5.75 Å². The van der Waals surface area contributed by atoms with Gasteiger partial charge in [0, 0.05) is 11.5 Å². The maximum Gasteiger partial charge on any atom is 0.165 e. The summed E-state index contributed by atoms with van der Waals surface area (Å²) in [5.41, 5.74) is 0.846. The molecule has 0 amide bonds. The van der Waals surface area contributed by atoms with Crippen molar-refractivity contribution in [1.82, 2.24) is 0 Å². The predicted molar refractivity (Wildman–Crippen MR) is 71.0 cm³/mol. The van der Waals surface area contributed by atoms with E-state index in [1.165, 1.54) is 32.1 Å². The molecule has 2 heteroatoms. The molecule has 0 radical (unpaired) electrons. The number of carbonyl (C=O) groups excluding carboxylic acids is 1. The zero-order valence-corrected chi connectivity index (χ0v) is 10.7. The smallest absolute Gasteiger partial charge is 0.165 e. The van der Waals surface area contributed by atoms with E-state index in [1.807, 2.05) is 24.3 Å². The molecule has 0 N–H and O–H groups in total. The summed E-state index contributed by atoms with van der Waals surface area (Å²) in [6.45, 7) is 0. The van der Waals surface area contributed by atoms with Gasteiger partial charge in [-0.25, -0.2) is 0 Å². The number of ether oxygens (including phenoxy) is 1. The van der Waals surface area contributed by atoms with Gasteiger partial charge in [0.15, 0.2) is 5.78 Å². The summed E-state index contributed by atoms with van der Waals surface area (Å²) in [6, 6.07) is 7.74. The molecule has 1 aromatic carbocycles. The highest BCUT2D eigenvalue weighted by atomic mass is 16.5. The van der Waals surface area contributed by atoms with Crippen LogP contribution in [0.3, 0.4) is 0 Å². The summed E-state index contributed by atoms with van der Waals surface area (Å²) in [5.74, 6) is 1.51. The highest BCUT2D eigenvalue weighted by Crippen LogP contribution is 2.30. The maximum atomic E-state index is 12.0. The Morgan fingerprint density at radius 1 is 0.944 bits per heavy atom. The summed E-state index contributed by atoms with van der Waals surface area (Å²) in [5, 5.41) is 0. The van der Waals surface area contributed by atoms with Crippen LogP contribution in [0.5, 0.6) is 5.75 Å². The van der Waals surface area contributed by atoms with Crippen LogP contribution < -0.4 is 4.74 Å². The number of carbonyl (C=O) groups is 1. The zero-order chi connectivity index (χ0) is 12.4. The summed E-state index contributed by atoms with van der Waals surface area (Å²) in [6.07, 6.45) is 8.63. The van der Waals surface area contributed by atoms with Crippen molar-refractivity contribution in [2.24, 2.45) is 5.92 Å². The fraction of sp³-hybridized carbons (Fsp3) is 0.562. The Kier molecular flexibility index (Phi) is 3.35. The summed E-state index contributed by atoms with van der Waals surface area (Å²) in [7, 11) is 0. The van der Waals surface area contributed by atoms with E-state index in [9.17, 15) is 4.79 Å². The van der Waals surface area contributed by atoms with Crippen LogP contribution in [0.2, 0.25) is 0 Å². The van der Waals surface area contributed by atoms with Crippen LogP contribution in [0.15, 0.2) is 24.3 Å². The molecule has 2 nitrogen and oxygen atoms in total. The molecule has 0 aliphatic heterocycles. The Balaban J connectivity index is 1.62. The van der Waals surface area contributed by atoms with Gasteiger partial charge in [-0.15, -0.1) is 0 Å². The van der Waals surface area contributed by atoms with Crippen molar-refractivity contribution in [3.63, 3.8) is 0 Å². The van der Waals surface area contributed by atoms with Crippen molar-refractivity contribution < 1.29 is 9.53 Å². The molecule has 18 heavy (non-hydrogen) atoms. The first-order valence-corrected chi connectivity index (χ1v) is 7.14. The van der Waals surface area contributed by atoms with E-state index >= 15 is 0 Å².